The molecule has 4 fully saturated rings. The number of carbonyl (C=O) groups excluding carboxylic acids is 2. The average molecular weight is 394 g/mol. The standard InChI is InChI=1S/C20H26O8/c1-7-4-10(21)15(24)18(3)9(7)5-11-19-6-27-20(26,17(18)19)14(23)8(2)12(19)13(22)16(25)28-11/h4,8-9,11-15,17,22-24,26H,5-6H2,1-3H3/t8-,9+,11-,12?,13-,14-,15-,17-,18-,19+,20?/m1/s1. The minimum Gasteiger partial charge on any atom is -0.460 e. The molecule has 0 radical (unpaired) electrons. The van der Waals surface area contributed by atoms with Crippen LogP contribution in [0, 0.1) is 34.5 Å². The number of rotatable bonds is 0. The fourth-order valence-corrected chi connectivity index (χ4v) is 7.64. The van der Waals surface area contributed by atoms with Crippen LogP contribution in [-0.4, -0.2) is 69.0 Å². The van der Waals surface area contributed by atoms with E-state index < -0.39 is 70.5 Å². The van der Waals surface area contributed by atoms with E-state index in [1.165, 1.54) is 6.08 Å². The summed E-state index contributed by atoms with van der Waals surface area (Å²) < 4.78 is 11.4. The van der Waals surface area contributed by atoms with Gasteiger partial charge in [0, 0.05) is 22.7 Å². The molecule has 5 aliphatic rings. The second kappa shape index (κ2) is 5.23. The van der Waals surface area contributed by atoms with Gasteiger partial charge in [-0.15, -0.1) is 0 Å². The molecule has 4 N–H and O–H groups in total. The van der Waals surface area contributed by atoms with Crippen molar-refractivity contribution in [3.8, 4) is 0 Å². The van der Waals surface area contributed by atoms with Gasteiger partial charge in [0.05, 0.1) is 6.61 Å². The SMILES string of the molecule is CC1=CC(=O)[C@@H](O)[C@@]2(C)[C@H]1C[C@H]1OC(=O)[C@H](O)C3[C@@H](C)[C@@H](O)C4(O)OC[C@@]31[C@H]42. The maximum absolute atomic E-state index is 12.5. The van der Waals surface area contributed by atoms with Gasteiger partial charge in [0.25, 0.3) is 0 Å². The smallest absolute Gasteiger partial charge is 0.335 e. The van der Waals surface area contributed by atoms with Crippen LogP contribution < -0.4 is 0 Å². The normalized spacial score (nSPS) is 59.9. The fraction of sp³-hybridized carbons (Fsp3) is 0.800. The molecule has 5 rings (SSSR count). The zero-order valence-corrected chi connectivity index (χ0v) is 16.0. The molecule has 2 aliphatic heterocycles. The van der Waals surface area contributed by atoms with Crippen molar-refractivity contribution in [3.05, 3.63) is 11.6 Å². The molecular formula is C20H26O8. The number of allylic oxidation sites excluding steroid dienone is 1. The van der Waals surface area contributed by atoms with E-state index in [0.29, 0.717) is 6.42 Å². The first-order valence-electron chi connectivity index (χ1n) is 9.84. The Balaban J connectivity index is 1.79. The molecule has 0 aromatic rings. The summed E-state index contributed by atoms with van der Waals surface area (Å²) in [4.78, 5) is 25.0. The largest absolute Gasteiger partial charge is 0.460 e. The Morgan fingerprint density at radius 1 is 1.21 bits per heavy atom. The van der Waals surface area contributed by atoms with Gasteiger partial charge in [0.15, 0.2) is 17.7 Å². The van der Waals surface area contributed by atoms with Gasteiger partial charge < -0.3 is 29.9 Å². The summed E-state index contributed by atoms with van der Waals surface area (Å²) in [6.45, 7) is 5.17. The number of hydrogen-bond donors (Lipinski definition) is 4. The van der Waals surface area contributed by atoms with Gasteiger partial charge in [-0.2, -0.15) is 0 Å². The van der Waals surface area contributed by atoms with Gasteiger partial charge in [-0.05, 0) is 31.3 Å². The Morgan fingerprint density at radius 2 is 1.89 bits per heavy atom. The van der Waals surface area contributed by atoms with Crippen molar-refractivity contribution in [1.82, 2.24) is 0 Å². The molecule has 0 aromatic heterocycles. The lowest BCUT2D eigenvalue weighted by molar-refractivity contribution is -0.339. The molecule has 1 spiro atoms. The van der Waals surface area contributed by atoms with Gasteiger partial charge in [-0.1, -0.05) is 19.4 Å². The van der Waals surface area contributed by atoms with Crippen molar-refractivity contribution >= 4 is 11.8 Å². The average Bonchev–Trinajstić information content (AvgIpc) is 2.92. The van der Waals surface area contributed by atoms with E-state index in [9.17, 15) is 30.0 Å². The molecule has 11 atom stereocenters. The number of aliphatic hydroxyl groups excluding tert-OH is 3. The third-order valence-electron chi connectivity index (χ3n) is 8.65. The topological polar surface area (TPSA) is 134 Å². The van der Waals surface area contributed by atoms with Gasteiger partial charge in [0.1, 0.15) is 18.3 Å². The lowest BCUT2D eigenvalue weighted by atomic mass is 9.38. The van der Waals surface area contributed by atoms with Gasteiger partial charge >= 0.3 is 5.97 Å². The Morgan fingerprint density at radius 3 is 2.57 bits per heavy atom. The third-order valence-corrected chi connectivity index (χ3v) is 8.65. The summed E-state index contributed by atoms with van der Waals surface area (Å²) in [6.07, 6.45) is -3.14. The van der Waals surface area contributed by atoms with Gasteiger partial charge in [0.2, 0.25) is 0 Å². The zero-order valence-electron chi connectivity index (χ0n) is 16.0. The van der Waals surface area contributed by atoms with Crippen LogP contribution in [0.5, 0.6) is 0 Å². The Kier molecular flexibility index (Phi) is 3.49. The van der Waals surface area contributed by atoms with Crippen LogP contribution in [0.15, 0.2) is 11.6 Å². The lowest BCUT2D eigenvalue weighted by Crippen LogP contribution is -2.77. The number of esters is 1. The number of ketones is 1. The molecule has 2 heterocycles. The Labute approximate surface area is 162 Å². The summed E-state index contributed by atoms with van der Waals surface area (Å²) in [5.41, 5.74) is -1.40. The first kappa shape index (κ1) is 18.7. The molecule has 2 unspecified atom stereocenters. The summed E-state index contributed by atoms with van der Waals surface area (Å²) in [5, 5.41) is 44.2. The first-order valence-corrected chi connectivity index (χ1v) is 9.84. The van der Waals surface area contributed by atoms with Crippen LogP contribution in [0.25, 0.3) is 0 Å². The monoisotopic (exact) mass is 394 g/mol. The molecule has 2 saturated heterocycles. The fourth-order valence-electron chi connectivity index (χ4n) is 7.64. The van der Waals surface area contributed by atoms with Crippen LogP contribution in [0.3, 0.4) is 0 Å². The maximum Gasteiger partial charge on any atom is 0.335 e. The van der Waals surface area contributed by atoms with Gasteiger partial charge in [-0.3, -0.25) is 4.79 Å². The van der Waals surface area contributed by atoms with Crippen LogP contribution in [0.1, 0.15) is 27.2 Å². The van der Waals surface area contributed by atoms with Crippen molar-refractivity contribution in [2.45, 2.75) is 57.4 Å². The number of fused-ring (bicyclic) bond motifs is 1. The summed E-state index contributed by atoms with van der Waals surface area (Å²) in [5.74, 6) is -5.79. The lowest BCUT2D eigenvalue weighted by Gasteiger charge is -2.67. The predicted molar refractivity (Wildman–Crippen MR) is 92.4 cm³/mol. The number of aliphatic hydroxyl groups is 4. The summed E-state index contributed by atoms with van der Waals surface area (Å²) in [6, 6.07) is 0. The molecule has 0 aromatic carbocycles. The highest BCUT2D eigenvalue weighted by Crippen LogP contribution is 2.73. The minimum absolute atomic E-state index is 0.0266. The minimum atomic E-state index is -2.01. The van der Waals surface area contributed by atoms with E-state index in [1.54, 1.807) is 20.8 Å². The van der Waals surface area contributed by atoms with Crippen LogP contribution in [0.2, 0.25) is 0 Å². The van der Waals surface area contributed by atoms with Crippen molar-refractivity contribution in [2.75, 3.05) is 6.61 Å². The van der Waals surface area contributed by atoms with E-state index in [1.807, 2.05) is 0 Å². The molecule has 2 bridgehead atoms. The zero-order chi connectivity index (χ0) is 20.4. The molecule has 2 saturated carbocycles. The second-order valence-corrected chi connectivity index (χ2v) is 9.63. The Hall–Kier alpha value is -1.32. The highest BCUT2D eigenvalue weighted by atomic mass is 16.7. The molecule has 0 amide bonds. The van der Waals surface area contributed by atoms with E-state index >= 15 is 0 Å². The van der Waals surface area contributed by atoms with Crippen LogP contribution >= 0.6 is 0 Å². The second-order valence-electron chi connectivity index (χ2n) is 9.63. The molecule has 8 nitrogen and oxygen atoms in total. The number of hydrogen-bond acceptors (Lipinski definition) is 8. The van der Waals surface area contributed by atoms with Crippen molar-refractivity contribution in [2.24, 2.45) is 34.5 Å². The van der Waals surface area contributed by atoms with Gasteiger partial charge in [-0.25, -0.2) is 4.79 Å². The molecule has 154 valence electrons. The third kappa shape index (κ3) is 1.72. The van der Waals surface area contributed by atoms with E-state index in [0.717, 1.165) is 5.57 Å². The quantitative estimate of drug-likeness (QED) is 0.390. The predicted octanol–water partition coefficient (Wildman–Crippen LogP) is -0.863. The maximum atomic E-state index is 12.5. The van der Waals surface area contributed by atoms with Crippen molar-refractivity contribution in [1.29, 1.82) is 0 Å². The van der Waals surface area contributed by atoms with E-state index in [-0.39, 0.29) is 12.5 Å². The molecular weight excluding hydrogens is 368 g/mol. The summed E-state index contributed by atoms with van der Waals surface area (Å²) >= 11 is 0. The van der Waals surface area contributed by atoms with Crippen molar-refractivity contribution < 1.29 is 39.5 Å². The summed E-state index contributed by atoms with van der Waals surface area (Å²) in [7, 11) is 0. The number of carbonyl (C=O) groups is 2. The molecule has 28 heavy (non-hydrogen) atoms. The van der Waals surface area contributed by atoms with E-state index in [2.05, 4.69) is 0 Å². The molecule has 3 aliphatic carbocycles. The van der Waals surface area contributed by atoms with Crippen LogP contribution in [0.4, 0.5) is 0 Å². The highest BCUT2D eigenvalue weighted by Gasteiger charge is 2.83. The Bertz CT molecular complexity index is 808. The molecule has 8 heteroatoms. The van der Waals surface area contributed by atoms with E-state index in [4.69, 9.17) is 9.47 Å². The van der Waals surface area contributed by atoms with Crippen molar-refractivity contribution in [3.63, 3.8) is 0 Å². The van der Waals surface area contributed by atoms with Crippen LogP contribution in [-0.2, 0) is 19.1 Å². The number of ether oxygens (including phenoxy) is 2. The first-order chi connectivity index (χ1) is 13.0. The highest BCUT2D eigenvalue weighted by molar-refractivity contribution is 5.96.